The minimum absolute atomic E-state index is 0.920. The highest BCUT2D eigenvalue weighted by atomic mass is 127. The molecule has 0 aliphatic heterocycles. The number of rotatable bonds is 1. The van der Waals surface area contributed by atoms with Gasteiger partial charge in [0.1, 0.15) is 0 Å². The lowest BCUT2D eigenvalue weighted by atomic mass is 10.5. The van der Waals surface area contributed by atoms with Gasteiger partial charge in [-0.3, -0.25) is 0 Å². The van der Waals surface area contributed by atoms with Crippen LogP contribution in [-0.2, 0) is 0 Å². The highest BCUT2D eigenvalue weighted by Gasteiger charge is 2.00. The van der Waals surface area contributed by atoms with E-state index in [9.17, 15) is 0 Å². The number of anilines is 1. The zero-order chi connectivity index (χ0) is 7.56. The molecule has 4 heteroatoms. The smallest absolute Gasteiger partial charge is 0.164 e. The van der Waals surface area contributed by atoms with Crippen molar-refractivity contribution < 1.29 is 0 Å². The molecule has 1 rings (SSSR count). The minimum atomic E-state index is 0.920. The Morgan fingerprint density at radius 1 is 1.50 bits per heavy atom. The van der Waals surface area contributed by atoms with E-state index >= 15 is 0 Å². The largest absolute Gasteiger partial charge is 0.360 e. The van der Waals surface area contributed by atoms with Gasteiger partial charge in [-0.1, -0.05) is 0 Å². The number of nitrogens with zero attached hydrogens (tertiary/aromatic N) is 3. The Bertz CT molecular complexity index is 224. The molecule has 1 aromatic rings. The molecule has 0 aromatic carbocycles. The van der Waals surface area contributed by atoms with Crippen molar-refractivity contribution in [1.29, 1.82) is 0 Å². The van der Waals surface area contributed by atoms with Crippen LogP contribution in [0.2, 0.25) is 0 Å². The van der Waals surface area contributed by atoms with Crippen molar-refractivity contribution in [3.63, 3.8) is 0 Å². The molecule has 10 heavy (non-hydrogen) atoms. The molecule has 54 valence electrons. The van der Waals surface area contributed by atoms with E-state index in [0.717, 1.165) is 9.39 Å². The van der Waals surface area contributed by atoms with Gasteiger partial charge in [0.25, 0.3) is 0 Å². The molecule has 0 amide bonds. The molecule has 0 unspecified atom stereocenters. The summed E-state index contributed by atoms with van der Waals surface area (Å²) in [7, 11) is 3.90. The summed E-state index contributed by atoms with van der Waals surface area (Å²) in [4.78, 5) is 1.94. The number of hydrogen-bond acceptors (Lipinski definition) is 3. The minimum Gasteiger partial charge on any atom is -0.360 e. The maximum atomic E-state index is 3.95. The molecule has 0 radical (unpaired) electrons. The van der Waals surface area contributed by atoms with Gasteiger partial charge in [-0.25, -0.2) is 0 Å². The summed E-state index contributed by atoms with van der Waals surface area (Å²) in [6.07, 6.45) is 1.69. The fraction of sp³-hybridized carbons (Fsp3) is 0.333. The van der Waals surface area contributed by atoms with Gasteiger partial charge in [0.05, 0.1) is 9.77 Å². The molecule has 0 saturated heterocycles. The average Bonchev–Trinajstić information content (AvgIpc) is 1.88. The van der Waals surface area contributed by atoms with Gasteiger partial charge in [0, 0.05) is 14.1 Å². The predicted octanol–water partition coefficient (Wildman–Crippen LogP) is 1.15. The Hall–Kier alpha value is -0.390. The number of halogens is 1. The topological polar surface area (TPSA) is 29.0 Å². The van der Waals surface area contributed by atoms with Crippen molar-refractivity contribution in [2.75, 3.05) is 19.0 Å². The zero-order valence-electron chi connectivity index (χ0n) is 5.87. The fourth-order valence-corrected chi connectivity index (χ4v) is 1.36. The quantitative estimate of drug-likeness (QED) is 0.699. The molecular weight excluding hydrogens is 241 g/mol. The molecule has 0 spiro atoms. The van der Waals surface area contributed by atoms with Crippen molar-refractivity contribution in [1.82, 2.24) is 10.2 Å². The highest BCUT2D eigenvalue weighted by Crippen LogP contribution is 2.14. The second-order valence-corrected chi connectivity index (χ2v) is 3.26. The van der Waals surface area contributed by atoms with Gasteiger partial charge in [-0.05, 0) is 28.7 Å². The van der Waals surface area contributed by atoms with Crippen LogP contribution in [0.1, 0.15) is 0 Å². The monoisotopic (exact) mass is 249 g/mol. The summed E-state index contributed by atoms with van der Waals surface area (Å²) in [5.74, 6) is 0.920. The van der Waals surface area contributed by atoms with Crippen LogP contribution in [0.3, 0.4) is 0 Å². The standard InChI is InChI=1S/C6H8IN3/c1-10(2)6-5(7)3-4-8-9-6/h3-4H,1-2H3. The first kappa shape index (κ1) is 7.71. The third-order valence-corrected chi connectivity index (χ3v) is 1.92. The van der Waals surface area contributed by atoms with Gasteiger partial charge >= 0.3 is 0 Å². The molecular formula is C6H8IN3. The van der Waals surface area contributed by atoms with Crippen LogP contribution < -0.4 is 4.90 Å². The van der Waals surface area contributed by atoms with E-state index in [1.807, 2.05) is 25.1 Å². The average molecular weight is 249 g/mol. The van der Waals surface area contributed by atoms with Crippen LogP contribution in [0.4, 0.5) is 5.82 Å². The van der Waals surface area contributed by atoms with Gasteiger partial charge in [0.2, 0.25) is 0 Å². The Morgan fingerprint density at radius 2 is 2.20 bits per heavy atom. The van der Waals surface area contributed by atoms with Crippen molar-refractivity contribution in [3.8, 4) is 0 Å². The SMILES string of the molecule is CN(C)c1nnccc1I. The van der Waals surface area contributed by atoms with Crippen LogP contribution in [0.15, 0.2) is 12.3 Å². The molecule has 0 N–H and O–H groups in total. The van der Waals surface area contributed by atoms with E-state index in [1.54, 1.807) is 6.20 Å². The Balaban J connectivity index is 3.03. The van der Waals surface area contributed by atoms with E-state index < -0.39 is 0 Å². The molecule has 0 aliphatic rings. The predicted molar refractivity (Wildman–Crippen MR) is 49.1 cm³/mol. The summed E-state index contributed by atoms with van der Waals surface area (Å²) < 4.78 is 1.12. The van der Waals surface area contributed by atoms with Gasteiger partial charge in [-0.2, -0.15) is 5.10 Å². The van der Waals surface area contributed by atoms with Crippen LogP contribution >= 0.6 is 22.6 Å². The molecule has 1 aromatic heterocycles. The summed E-state index contributed by atoms with van der Waals surface area (Å²) in [6.45, 7) is 0. The lowest BCUT2D eigenvalue weighted by Crippen LogP contribution is -2.12. The Labute approximate surface area is 73.6 Å². The summed E-state index contributed by atoms with van der Waals surface area (Å²) >= 11 is 2.23. The van der Waals surface area contributed by atoms with E-state index in [1.165, 1.54) is 0 Å². The lowest BCUT2D eigenvalue weighted by Gasteiger charge is -2.10. The maximum Gasteiger partial charge on any atom is 0.164 e. The normalized spacial score (nSPS) is 9.50. The third-order valence-electron chi connectivity index (χ3n) is 1.08. The molecule has 0 bridgehead atoms. The number of hydrogen-bond donors (Lipinski definition) is 0. The zero-order valence-corrected chi connectivity index (χ0v) is 8.03. The van der Waals surface area contributed by atoms with Crippen LogP contribution in [-0.4, -0.2) is 24.3 Å². The van der Waals surface area contributed by atoms with Gasteiger partial charge < -0.3 is 4.90 Å². The summed E-state index contributed by atoms with van der Waals surface area (Å²) in [6, 6.07) is 1.93. The van der Waals surface area contributed by atoms with E-state index in [4.69, 9.17) is 0 Å². The van der Waals surface area contributed by atoms with E-state index in [2.05, 4.69) is 32.8 Å². The molecule has 0 saturated carbocycles. The maximum absolute atomic E-state index is 3.95. The second kappa shape index (κ2) is 3.14. The summed E-state index contributed by atoms with van der Waals surface area (Å²) in [5.41, 5.74) is 0. The first-order valence-electron chi connectivity index (χ1n) is 2.86. The van der Waals surface area contributed by atoms with Crippen LogP contribution in [0.5, 0.6) is 0 Å². The van der Waals surface area contributed by atoms with E-state index in [0.29, 0.717) is 0 Å². The molecule has 0 fully saturated rings. The van der Waals surface area contributed by atoms with E-state index in [-0.39, 0.29) is 0 Å². The van der Waals surface area contributed by atoms with Crippen LogP contribution in [0.25, 0.3) is 0 Å². The van der Waals surface area contributed by atoms with Gasteiger partial charge in [-0.15, -0.1) is 5.10 Å². The summed E-state index contributed by atoms with van der Waals surface area (Å²) in [5, 5.41) is 7.72. The van der Waals surface area contributed by atoms with Crippen LogP contribution in [0, 0.1) is 3.57 Å². The molecule has 0 atom stereocenters. The van der Waals surface area contributed by atoms with Crippen molar-refractivity contribution in [2.24, 2.45) is 0 Å². The van der Waals surface area contributed by atoms with Crippen molar-refractivity contribution in [2.45, 2.75) is 0 Å². The van der Waals surface area contributed by atoms with Crippen molar-refractivity contribution in [3.05, 3.63) is 15.8 Å². The van der Waals surface area contributed by atoms with Gasteiger partial charge in [0.15, 0.2) is 5.82 Å². The highest BCUT2D eigenvalue weighted by molar-refractivity contribution is 14.1. The first-order valence-corrected chi connectivity index (χ1v) is 3.94. The Kier molecular flexibility index (Phi) is 2.42. The molecule has 0 aliphatic carbocycles. The third kappa shape index (κ3) is 1.56. The molecule has 1 heterocycles. The fourth-order valence-electron chi connectivity index (χ4n) is 0.612. The Morgan fingerprint density at radius 3 is 2.60 bits per heavy atom. The first-order chi connectivity index (χ1) is 4.72. The lowest BCUT2D eigenvalue weighted by molar-refractivity contribution is 0.955. The second-order valence-electron chi connectivity index (χ2n) is 2.10. The van der Waals surface area contributed by atoms with Crippen molar-refractivity contribution >= 4 is 28.4 Å². The molecule has 3 nitrogen and oxygen atoms in total. The number of aromatic nitrogens is 2.